The van der Waals surface area contributed by atoms with Crippen molar-refractivity contribution in [2.75, 3.05) is 20.2 Å². The number of hydrogen-bond acceptors (Lipinski definition) is 7. The zero-order valence-corrected chi connectivity index (χ0v) is 21.5. The lowest BCUT2D eigenvalue weighted by molar-refractivity contribution is 0.0115. The molecule has 1 aromatic carbocycles. The number of pyridine rings is 3. The first kappa shape index (κ1) is 24.3. The SMILES string of the molecule is COc1cccc(-c2nccc3[nH]c(-c4n[nH]c5ccc(-c6cncc(CN7CCC(F)(F)C7)c6)nc45)nc23)c1. The van der Waals surface area contributed by atoms with Gasteiger partial charge in [0.25, 0.3) is 5.92 Å². The molecule has 0 saturated carbocycles. The van der Waals surface area contributed by atoms with Crippen molar-refractivity contribution < 1.29 is 13.5 Å². The van der Waals surface area contributed by atoms with Gasteiger partial charge in [0.15, 0.2) is 11.5 Å². The molecule has 11 heteroatoms. The van der Waals surface area contributed by atoms with Crippen molar-refractivity contribution >= 4 is 22.1 Å². The van der Waals surface area contributed by atoms with Crippen LogP contribution in [-0.2, 0) is 6.54 Å². The van der Waals surface area contributed by atoms with Gasteiger partial charge in [-0.25, -0.2) is 18.7 Å². The van der Waals surface area contributed by atoms with Crippen molar-refractivity contribution in [2.45, 2.75) is 18.9 Å². The summed E-state index contributed by atoms with van der Waals surface area (Å²) in [5.74, 6) is -1.33. The summed E-state index contributed by atoms with van der Waals surface area (Å²) >= 11 is 0. The minimum atomic E-state index is -2.63. The third-order valence-electron chi connectivity index (χ3n) is 7.12. The molecule has 2 N–H and O–H groups in total. The standard InChI is InChI=1S/C29H24F2N8O/c1-40-20-4-2-3-18(12-20)24-25-22(7-9-33-24)35-28(36-25)27-26-23(37-38-27)6-5-21(34-26)19-11-17(13-32-14-19)15-39-10-8-29(30,31)16-39/h2-7,9,11-14H,8,10,15-16H2,1H3,(H,35,36)(H,37,38). The Morgan fingerprint density at radius 1 is 0.975 bits per heavy atom. The molecule has 5 aromatic heterocycles. The van der Waals surface area contributed by atoms with Gasteiger partial charge in [-0.15, -0.1) is 0 Å². The van der Waals surface area contributed by atoms with Gasteiger partial charge in [0.05, 0.1) is 36.1 Å². The number of methoxy groups -OCH3 is 1. The Labute approximate surface area is 227 Å². The number of aromatic amines is 2. The first-order valence-electron chi connectivity index (χ1n) is 12.8. The molecule has 7 rings (SSSR count). The molecule has 40 heavy (non-hydrogen) atoms. The van der Waals surface area contributed by atoms with E-state index in [0.717, 1.165) is 39.2 Å². The number of hydrogen-bond donors (Lipinski definition) is 2. The van der Waals surface area contributed by atoms with E-state index in [1.807, 2.05) is 48.5 Å². The van der Waals surface area contributed by atoms with Gasteiger partial charge in [-0.3, -0.25) is 20.0 Å². The molecule has 6 heterocycles. The van der Waals surface area contributed by atoms with E-state index in [4.69, 9.17) is 14.7 Å². The number of alkyl halides is 2. The van der Waals surface area contributed by atoms with Crippen molar-refractivity contribution in [3.05, 3.63) is 72.7 Å². The number of imidazole rings is 1. The fourth-order valence-electron chi connectivity index (χ4n) is 5.17. The molecule has 9 nitrogen and oxygen atoms in total. The van der Waals surface area contributed by atoms with Crippen molar-refractivity contribution in [2.24, 2.45) is 0 Å². The third-order valence-corrected chi connectivity index (χ3v) is 7.12. The number of nitrogens with one attached hydrogen (secondary N) is 2. The summed E-state index contributed by atoms with van der Waals surface area (Å²) in [4.78, 5) is 23.8. The summed E-state index contributed by atoms with van der Waals surface area (Å²) in [6.07, 6.45) is 5.06. The number of halogens is 2. The van der Waals surface area contributed by atoms with Crippen LogP contribution in [0.4, 0.5) is 8.78 Å². The predicted molar refractivity (Wildman–Crippen MR) is 147 cm³/mol. The number of ether oxygens (including phenoxy) is 1. The molecule has 0 radical (unpaired) electrons. The lowest BCUT2D eigenvalue weighted by Gasteiger charge is -2.15. The molecule has 0 aliphatic carbocycles. The quantitative estimate of drug-likeness (QED) is 0.289. The lowest BCUT2D eigenvalue weighted by atomic mass is 10.1. The third kappa shape index (κ3) is 4.43. The molecule has 0 amide bonds. The van der Waals surface area contributed by atoms with Gasteiger partial charge in [-0.2, -0.15) is 5.10 Å². The number of nitrogens with zero attached hydrogens (tertiary/aromatic N) is 6. The number of fused-ring (bicyclic) bond motifs is 2. The molecule has 1 saturated heterocycles. The molecule has 1 aliphatic rings. The molecular formula is C29H24F2N8O. The number of likely N-dealkylation sites (tertiary alicyclic amines) is 1. The van der Waals surface area contributed by atoms with E-state index in [0.29, 0.717) is 41.3 Å². The Bertz CT molecular complexity index is 1860. The van der Waals surface area contributed by atoms with Gasteiger partial charge in [-0.1, -0.05) is 12.1 Å². The van der Waals surface area contributed by atoms with Crippen LogP contribution in [0.5, 0.6) is 5.75 Å². The number of rotatable bonds is 6. The Hall–Kier alpha value is -4.77. The normalized spacial score (nSPS) is 15.3. The van der Waals surface area contributed by atoms with E-state index in [-0.39, 0.29) is 13.0 Å². The largest absolute Gasteiger partial charge is 0.497 e. The summed E-state index contributed by atoms with van der Waals surface area (Å²) < 4.78 is 32.7. The average molecular weight is 539 g/mol. The number of H-pyrrole nitrogens is 2. The molecule has 1 aliphatic heterocycles. The van der Waals surface area contributed by atoms with E-state index in [1.54, 1.807) is 30.6 Å². The van der Waals surface area contributed by atoms with E-state index in [9.17, 15) is 8.78 Å². The maximum atomic E-state index is 13.7. The highest BCUT2D eigenvalue weighted by molar-refractivity contribution is 5.95. The second kappa shape index (κ2) is 9.45. The second-order valence-electron chi connectivity index (χ2n) is 9.94. The first-order valence-corrected chi connectivity index (χ1v) is 12.8. The summed E-state index contributed by atoms with van der Waals surface area (Å²) in [5, 5.41) is 7.55. The second-order valence-corrected chi connectivity index (χ2v) is 9.94. The molecule has 0 spiro atoms. The molecule has 0 unspecified atom stereocenters. The number of aromatic nitrogens is 7. The Balaban J connectivity index is 1.24. The Morgan fingerprint density at radius 2 is 1.88 bits per heavy atom. The first-order chi connectivity index (χ1) is 19.5. The van der Waals surface area contributed by atoms with Crippen LogP contribution in [-0.4, -0.2) is 66.1 Å². The fourth-order valence-corrected chi connectivity index (χ4v) is 5.17. The van der Waals surface area contributed by atoms with Crippen LogP contribution in [0.25, 0.3) is 56.1 Å². The molecule has 0 atom stereocenters. The molecular weight excluding hydrogens is 514 g/mol. The smallest absolute Gasteiger partial charge is 0.261 e. The predicted octanol–water partition coefficient (Wildman–Crippen LogP) is 5.47. The lowest BCUT2D eigenvalue weighted by Crippen LogP contribution is -2.24. The molecule has 200 valence electrons. The van der Waals surface area contributed by atoms with Crippen LogP contribution < -0.4 is 4.74 Å². The van der Waals surface area contributed by atoms with Gasteiger partial charge in [-0.05, 0) is 42.0 Å². The highest BCUT2D eigenvalue weighted by Gasteiger charge is 2.37. The van der Waals surface area contributed by atoms with E-state index in [1.165, 1.54) is 0 Å². The van der Waals surface area contributed by atoms with Crippen LogP contribution in [0.3, 0.4) is 0 Å². The molecule has 6 aromatic rings. The van der Waals surface area contributed by atoms with Crippen molar-refractivity contribution in [1.82, 2.24) is 40.0 Å². The van der Waals surface area contributed by atoms with Gasteiger partial charge >= 0.3 is 0 Å². The summed E-state index contributed by atoms with van der Waals surface area (Å²) in [6, 6.07) is 15.3. The van der Waals surface area contributed by atoms with Crippen LogP contribution in [0.2, 0.25) is 0 Å². The summed E-state index contributed by atoms with van der Waals surface area (Å²) in [5.41, 5.74) is 7.49. The van der Waals surface area contributed by atoms with Gasteiger partial charge in [0, 0.05) is 49.2 Å². The van der Waals surface area contributed by atoms with E-state index < -0.39 is 5.92 Å². The summed E-state index contributed by atoms with van der Waals surface area (Å²) in [6.45, 7) is 0.553. The van der Waals surface area contributed by atoms with Crippen LogP contribution in [0.15, 0.2) is 67.1 Å². The topological polar surface area (TPSA) is 108 Å². The van der Waals surface area contributed by atoms with Crippen molar-refractivity contribution in [1.29, 1.82) is 0 Å². The van der Waals surface area contributed by atoms with Gasteiger partial charge in [0.2, 0.25) is 0 Å². The zero-order valence-electron chi connectivity index (χ0n) is 21.5. The van der Waals surface area contributed by atoms with Crippen LogP contribution in [0, 0.1) is 0 Å². The minimum Gasteiger partial charge on any atom is -0.497 e. The Morgan fingerprint density at radius 3 is 2.73 bits per heavy atom. The highest BCUT2D eigenvalue weighted by atomic mass is 19.3. The van der Waals surface area contributed by atoms with E-state index in [2.05, 4.69) is 25.1 Å². The van der Waals surface area contributed by atoms with Crippen molar-refractivity contribution in [3.8, 4) is 39.8 Å². The van der Waals surface area contributed by atoms with Crippen molar-refractivity contribution in [3.63, 3.8) is 0 Å². The maximum absolute atomic E-state index is 13.7. The number of benzene rings is 1. The van der Waals surface area contributed by atoms with Crippen LogP contribution >= 0.6 is 0 Å². The minimum absolute atomic E-state index is 0.111. The fraction of sp³-hybridized carbons (Fsp3) is 0.207. The zero-order chi connectivity index (χ0) is 27.3. The monoisotopic (exact) mass is 538 g/mol. The van der Waals surface area contributed by atoms with E-state index >= 15 is 0 Å². The molecule has 0 bridgehead atoms. The highest BCUT2D eigenvalue weighted by Crippen LogP contribution is 2.32. The maximum Gasteiger partial charge on any atom is 0.261 e. The van der Waals surface area contributed by atoms with Crippen LogP contribution in [0.1, 0.15) is 12.0 Å². The summed E-state index contributed by atoms with van der Waals surface area (Å²) in [7, 11) is 1.63. The average Bonchev–Trinajstić information content (AvgIpc) is 3.68. The Kier molecular flexibility index (Phi) is 5.74. The van der Waals surface area contributed by atoms with Gasteiger partial charge < -0.3 is 9.72 Å². The molecule has 1 fully saturated rings. The van der Waals surface area contributed by atoms with Gasteiger partial charge in [0.1, 0.15) is 16.8 Å².